The van der Waals surface area contributed by atoms with Gasteiger partial charge in [0.1, 0.15) is 13.2 Å². The van der Waals surface area contributed by atoms with Gasteiger partial charge in [-0.15, -0.1) is 0 Å². The van der Waals surface area contributed by atoms with Crippen LogP contribution in [0, 0.1) is 0 Å². The number of hydrogen-bond acceptors (Lipinski definition) is 6. The van der Waals surface area contributed by atoms with Crippen LogP contribution in [0.25, 0.3) is 0 Å². The van der Waals surface area contributed by atoms with Gasteiger partial charge in [-0.05, 0) is 70.6 Å². The van der Waals surface area contributed by atoms with Crippen molar-refractivity contribution < 1.29 is 28.6 Å². The predicted molar refractivity (Wildman–Crippen MR) is 293 cm³/mol. The molecule has 0 bridgehead atoms. The number of hydrogen-bond donors (Lipinski definition) is 0. The molecule has 0 N–H and O–H groups in total. The van der Waals surface area contributed by atoms with Crippen molar-refractivity contribution in [3.05, 3.63) is 36.5 Å². The van der Waals surface area contributed by atoms with E-state index >= 15 is 0 Å². The van der Waals surface area contributed by atoms with Crippen molar-refractivity contribution in [2.75, 3.05) is 13.2 Å². The fourth-order valence-electron chi connectivity index (χ4n) is 8.81. The van der Waals surface area contributed by atoms with E-state index < -0.39 is 6.10 Å². The number of carbonyl (C=O) groups excluding carboxylic acids is 3. The minimum Gasteiger partial charge on any atom is -0.462 e. The Morgan fingerprint density at radius 2 is 0.544 bits per heavy atom. The van der Waals surface area contributed by atoms with Crippen LogP contribution in [0.3, 0.4) is 0 Å². The molecule has 0 rings (SSSR count). The smallest absolute Gasteiger partial charge is 0.306 e. The summed E-state index contributed by atoms with van der Waals surface area (Å²) < 4.78 is 16.8. The van der Waals surface area contributed by atoms with Gasteiger partial charge in [0, 0.05) is 19.3 Å². The molecule has 0 amide bonds. The van der Waals surface area contributed by atoms with E-state index in [0.717, 1.165) is 83.5 Å². The SMILES string of the molecule is CCCC/C=C\C/C=C\CCCCCCCC(=O)OC(COC(=O)CCCCCCCCC)COC(=O)CCCCCCCCCCCCCCCCCCC/C=C\CCCCCCCCCC. The molecule has 0 aliphatic carbocycles. The van der Waals surface area contributed by atoms with Gasteiger partial charge in [-0.25, -0.2) is 0 Å². The average Bonchev–Trinajstić information content (AvgIpc) is 3.34. The maximum Gasteiger partial charge on any atom is 0.306 e. The second kappa shape index (κ2) is 57.2. The van der Waals surface area contributed by atoms with Crippen LogP contribution in [0.5, 0.6) is 0 Å². The maximum absolute atomic E-state index is 12.8. The Morgan fingerprint density at radius 1 is 0.294 bits per heavy atom. The summed E-state index contributed by atoms with van der Waals surface area (Å²) in [6.45, 7) is 6.58. The highest BCUT2D eigenvalue weighted by molar-refractivity contribution is 5.71. The van der Waals surface area contributed by atoms with E-state index in [1.807, 2.05) is 0 Å². The number of rotatable bonds is 55. The molecule has 0 heterocycles. The molecule has 0 aromatic rings. The van der Waals surface area contributed by atoms with Crippen LogP contribution in [-0.4, -0.2) is 37.2 Å². The van der Waals surface area contributed by atoms with E-state index in [-0.39, 0.29) is 31.1 Å². The lowest BCUT2D eigenvalue weighted by atomic mass is 10.0. The van der Waals surface area contributed by atoms with Crippen LogP contribution in [0.2, 0.25) is 0 Å². The van der Waals surface area contributed by atoms with Crippen LogP contribution >= 0.6 is 0 Å². The van der Waals surface area contributed by atoms with Crippen molar-refractivity contribution in [1.29, 1.82) is 0 Å². The monoisotopic (exact) mass is 955 g/mol. The Kier molecular flexibility index (Phi) is 55.2. The van der Waals surface area contributed by atoms with Crippen LogP contribution in [0.4, 0.5) is 0 Å². The molecule has 68 heavy (non-hydrogen) atoms. The molecule has 0 spiro atoms. The lowest BCUT2D eigenvalue weighted by molar-refractivity contribution is -0.167. The fourth-order valence-corrected chi connectivity index (χ4v) is 8.81. The second-order valence-corrected chi connectivity index (χ2v) is 20.3. The van der Waals surface area contributed by atoms with E-state index in [4.69, 9.17) is 14.2 Å². The van der Waals surface area contributed by atoms with Crippen LogP contribution in [0.15, 0.2) is 36.5 Å². The molecule has 6 nitrogen and oxygen atoms in total. The molecule has 0 radical (unpaired) electrons. The Hall–Kier alpha value is -2.37. The number of carbonyl (C=O) groups is 3. The topological polar surface area (TPSA) is 78.9 Å². The third-order valence-electron chi connectivity index (χ3n) is 13.4. The minimum atomic E-state index is -0.774. The highest BCUT2D eigenvalue weighted by Gasteiger charge is 2.19. The maximum atomic E-state index is 12.8. The van der Waals surface area contributed by atoms with Gasteiger partial charge in [0.25, 0.3) is 0 Å². The molecule has 6 heteroatoms. The quantitative estimate of drug-likeness (QED) is 0.0262. The van der Waals surface area contributed by atoms with Gasteiger partial charge in [-0.2, -0.15) is 0 Å². The second-order valence-electron chi connectivity index (χ2n) is 20.3. The molecule has 0 aromatic heterocycles. The zero-order valence-corrected chi connectivity index (χ0v) is 45.6. The van der Waals surface area contributed by atoms with E-state index in [9.17, 15) is 14.4 Å². The first kappa shape index (κ1) is 65.6. The molecule has 1 unspecified atom stereocenters. The van der Waals surface area contributed by atoms with Gasteiger partial charge in [-0.3, -0.25) is 14.4 Å². The molecule has 0 saturated heterocycles. The van der Waals surface area contributed by atoms with Gasteiger partial charge in [0.15, 0.2) is 6.10 Å². The first-order chi connectivity index (χ1) is 33.5. The third-order valence-corrected chi connectivity index (χ3v) is 13.4. The van der Waals surface area contributed by atoms with Crippen LogP contribution in [-0.2, 0) is 28.6 Å². The van der Waals surface area contributed by atoms with E-state index in [0.29, 0.717) is 19.3 Å². The van der Waals surface area contributed by atoms with E-state index in [2.05, 4.69) is 57.2 Å². The summed E-state index contributed by atoms with van der Waals surface area (Å²) in [5, 5.41) is 0. The highest BCUT2D eigenvalue weighted by Crippen LogP contribution is 2.17. The average molecular weight is 956 g/mol. The molecule has 0 saturated carbocycles. The summed E-state index contributed by atoms with van der Waals surface area (Å²) in [5.41, 5.74) is 0. The van der Waals surface area contributed by atoms with Crippen molar-refractivity contribution in [3.8, 4) is 0 Å². The summed E-state index contributed by atoms with van der Waals surface area (Å²) in [5.74, 6) is -0.881. The van der Waals surface area contributed by atoms with Crippen molar-refractivity contribution in [2.24, 2.45) is 0 Å². The Morgan fingerprint density at radius 3 is 0.868 bits per heavy atom. The molecule has 1 atom stereocenters. The summed E-state index contributed by atoms with van der Waals surface area (Å²) >= 11 is 0. The molecule has 398 valence electrons. The zero-order chi connectivity index (χ0) is 49.3. The van der Waals surface area contributed by atoms with Crippen molar-refractivity contribution in [1.82, 2.24) is 0 Å². The number of allylic oxidation sites excluding steroid dienone is 6. The van der Waals surface area contributed by atoms with Crippen molar-refractivity contribution >= 4 is 17.9 Å². The van der Waals surface area contributed by atoms with Gasteiger partial charge < -0.3 is 14.2 Å². The first-order valence-corrected chi connectivity index (χ1v) is 30.0. The molecule has 0 fully saturated rings. The minimum absolute atomic E-state index is 0.0743. The first-order valence-electron chi connectivity index (χ1n) is 30.0. The van der Waals surface area contributed by atoms with Gasteiger partial charge >= 0.3 is 17.9 Å². The van der Waals surface area contributed by atoms with Crippen molar-refractivity contribution in [3.63, 3.8) is 0 Å². The molecular weight excluding hydrogens is 841 g/mol. The highest BCUT2D eigenvalue weighted by atomic mass is 16.6. The molecule has 0 aliphatic heterocycles. The largest absolute Gasteiger partial charge is 0.462 e. The van der Waals surface area contributed by atoms with Gasteiger partial charge in [0.05, 0.1) is 0 Å². The molecule has 0 aromatic carbocycles. The summed E-state index contributed by atoms with van der Waals surface area (Å²) in [6, 6.07) is 0. The Balaban J connectivity index is 4.02. The fraction of sp³-hybridized carbons (Fsp3) is 0.855. The Labute approximate surface area is 423 Å². The number of ether oxygens (including phenoxy) is 3. The summed E-state index contributed by atoms with van der Waals surface area (Å²) in [6.07, 6.45) is 69.0. The van der Waals surface area contributed by atoms with E-state index in [1.54, 1.807) is 0 Å². The third kappa shape index (κ3) is 54.6. The molecule has 0 aliphatic rings. The van der Waals surface area contributed by atoms with Crippen LogP contribution < -0.4 is 0 Å². The molecular formula is C62H114O6. The van der Waals surface area contributed by atoms with Crippen LogP contribution in [0.1, 0.15) is 323 Å². The standard InChI is InChI=1S/C62H114O6/c1-4-7-10-13-16-18-20-22-24-25-26-27-28-29-30-31-32-33-34-35-36-37-38-40-41-43-46-49-52-55-61(64)67-58-59(57-66-60(63)54-51-48-45-15-12-9-6-3)68-62(65)56-53-50-47-44-42-39-23-21-19-17-14-11-8-5-2/h14,17,21,23,25-26,59H,4-13,15-16,18-20,22,24,27-58H2,1-3H3/b17-14-,23-21-,26-25-. The van der Waals surface area contributed by atoms with E-state index in [1.165, 1.54) is 199 Å². The summed E-state index contributed by atoms with van der Waals surface area (Å²) in [4.78, 5) is 37.9. The zero-order valence-electron chi connectivity index (χ0n) is 45.6. The van der Waals surface area contributed by atoms with Gasteiger partial charge in [0.2, 0.25) is 0 Å². The lowest BCUT2D eigenvalue weighted by Gasteiger charge is -2.18. The van der Waals surface area contributed by atoms with Crippen molar-refractivity contribution in [2.45, 2.75) is 329 Å². The lowest BCUT2D eigenvalue weighted by Crippen LogP contribution is -2.30. The Bertz CT molecular complexity index is 1140. The predicted octanol–water partition coefficient (Wildman–Crippen LogP) is 20.0. The van der Waals surface area contributed by atoms with Gasteiger partial charge in [-0.1, -0.05) is 269 Å². The number of esters is 3. The normalized spacial score (nSPS) is 12.2. The number of unbranched alkanes of at least 4 members (excludes halogenated alkanes) is 38. The summed E-state index contributed by atoms with van der Waals surface area (Å²) in [7, 11) is 0.